The molecule has 1 aliphatic carbocycles. The number of ether oxygens (including phenoxy) is 1. The first kappa shape index (κ1) is 19.0. The number of carbonyl (C=O) groups excluding carboxylic acids is 1. The van der Waals surface area contributed by atoms with Gasteiger partial charge in [-0.2, -0.15) is 0 Å². The molecule has 1 aliphatic rings. The second-order valence-corrected chi connectivity index (χ2v) is 6.96. The molecular formula is C18H33ClO2. The minimum atomic E-state index is -0.269. The average Bonchev–Trinajstić information content (AvgIpc) is 2.53. The molecule has 0 aromatic rings. The Morgan fingerprint density at radius 2 is 1.48 bits per heavy atom. The first-order valence-corrected chi connectivity index (χ1v) is 9.47. The molecular weight excluding hydrogens is 284 g/mol. The van der Waals surface area contributed by atoms with E-state index in [4.69, 9.17) is 16.3 Å². The number of rotatable bonds is 13. The molecule has 0 bridgehead atoms. The first-order valence-electron chi connectivity index (χ1n) is 9.04. The standard InChI is InChI=1S/C18H33ClO2/c19-17(16-20)12-8-5-3-1-2-4-6-11-15-21-18-13-9-7-10-14-18/h16-18H,1-15H2. The van der Waals surface area contributed by atoms with E-state index in [1.165, 1.54) is 77.0 Å². The maximum absolute atomic E-state index is 10.4. The lowest BCUT2D eigenvalue weighted by Crippen LogP contribution is -2.17. The highest BCUT2D eigenvalue weighted by Gasteiger charge is 2.12. The number of alkyl halides is 1. The Labute approximate surface area is 136 Å². The summed E-state index contributed by atoms with van der Waals surface area (Å²) in [6.45, 7) is 0.966. The Kier molecular flexibility index (Phi) is 12.3. The van der Waals surface area contributed by atoms with Crippen LogP contribution in [0.2, 0.25) is 0 Å². The van der Waals surface area contributed by atoms with Crippen LogP contribution in [0.15, 0.2) is 0 Å². The van der Waals surface area contributed by atoms with Crippen LogP contribution in [0, 0.1) is 0 Å². The van der Waals surface area contributed by atoms with Gasteiger partial charge in [-0.05, 0) is 25.7 Å². The van der Waals surface area contributed by atoms with Crippen LogP contribution < -0.4 is 0 Å². The van der Waals surface area contributed by atoms with Crippen molar-refractivity contribution in [3.8, 4) is 0 Å². The van der Waals surface area contributed by atoms with Gasteiger partial charge in [-0.1, -0.05) is 64.2 Å². The molecule has 0 aromatic heterocycles. The molecule has 124 valence electrons. The molecule has 21 heavy (non-hydrogen) atoms. The van der Waals surface area contributed by atoms with Crippen LogP contribution in [-0.2, 0) is 9.53 Å². The van der Waals surface area contributed by atoms with Crippen LogP contribution in [0.25, 0.3) is 0 Å². The summed E-state index contributed by atoms with van der Waals surface area (Å²) in [5, 5.41) is -0.269. The molecule has 3 heteroatoms. The van der Waals surface area contributed by atoms with Gasteiger partial charge in [0, 0.05) is 6.61 Å². The molecule has 0 saturated heterocycles. The summed E-state index contributed by atoms with van der Waals surface area (Å²) in [6, 6.07) is 0. The van der Waals surface area contributed by atoms with Crippen LogP contribution in [0.5, 0.6) is 0 Å². The third-order valence-corrected chi connectivity index (χ3v) is 4.75. The summed E-state index contributed by atoms with van der Waals surface area (Å²) in [7, 11) is 0. The fourth-order valence-electron chi connectivity index (χ4n) is 3.05. The largest absolute Gasteiger partial charge is 0.378 e. The molecule has 0 spiro atoms. The smallest absolute Gasteiger partial charge is 0.137 e. The molecule has 1 unspecified atom stereocenters. The lowest BCUT2D eigenvalue weighted by molar-refractivity contribution is -0.107. The maximum Gasteiger partial charge on any atom is 0.137 e. The second kappa shape index (κ2) is 13.6. The molecule has 1 fully saturated rings. The number of hydrogen-bond acceptors (Lipinski definition) is 2. The van der Waals surface area contributed by atoms with Crippen LogP contribution in [0.3, 0.4) is 0 Å². The van der Waals surface area contributed by atoms with E-state index in [9.17, 15) is 4.79 Å². The van der Waals surface area contributed by atoms with Gasteiger partial charge in [-0.3, -0.25) is 0 Å². The van der Waals surface area contributed by atoms with Gasteiger partial charge in [-0.25, -0.2) is 0 Å². The van der Waals surface area contributed by atoms with Crippen molar-refractivity contribution in [2.75, 3.05) is 6.61 Å². The molecule has 2 nitrogen and oxygen atoms in total. The van der Waals surface area contributed by atoms with Crippen molar-refractivity contribution in [2.45, 2.75) is 101 Å². The van der Waals surface area contributed by atoms with Crippen molar-refractivity contribution < 1.29 is 9.53 Å². The van der Waals surface area contributed by atoms with Gasteiger partial charge in [-0.15, -0.1) is 11.6 Å². The van der Waals surface area contributed by atoms with Crippen LogP contribution in [-0.4, -0.2) is 24.4 Å². The Morgan fingerprint density at radius 1 is 0.905 bits per heavy atom. The third kappa shape index (κ3) is 11.2. The van der Waals surface area contributed by atoms with Gasteiger partial charge in [0.05, 0.1) is 11.5 Å². The molecule has 0 heterocycles. The number of aldehydes is 1. The lowest BCUT2D eigenvalue weighted by Gasteiger charge is -2.21. The Morgan fingerprint density at radius 3 is 2.10 bits per heavy atom. The van der Waals surface area contributed by atoms with E-state index >= 15 is 0 Å². The number of unbranched alkanes of at least 4 members (excludes halogenated alkanes) is 7. The third-order valence-electron chi connectivity index (χ3n) is 4.43. The molecule has 0 N–H and O–H groups in total. The zero-order valence-electron chi connectivity index (χ0n) is 13.5. The molecule has 1 saturated carbocycles. The quantitative estimate of drug-likeness (QED) is 0.249. The van der Waals surface area contributed by atoms with Gasteiger partial charge in [0.2, 0.25) is 0 Å². The van der Waals surface area contributed by atoms with Crippen LogP contribution >= 0.6 is 11.6 Å². The summed E-state index contributed by atoms with van der Waals surface area (Å²) in [5.74, 6) is 0. The SMILES string of the molecule is O=CC(Cl)CCCCCCCCCCOC1CCCCC1. The minimum absolute atomic E-state index is 0.269. The van der Waals surface area contributed by atoms with Gasteiger partial charge in [0.25, 0.3) is 0 Å². The molecule has 0 radical (unpaired) electrons. The predicted molar refractivity (Wildman–Crippen MR) is 90.1 cm³/mol. The monoisotopic (exact) mass is 316 g/mol. The molecule has 0 aliphatic heterocycles. The van der Waals surface area contributed by atoms with E-state index in [0.29, 0.717) is 6.10 Å². The maximum atomic E-state index is 10.4. The molecule has 0 amide bonds. The van der Waals surface area contributed by atoms with Gasteiger partial charge >= 0.3 is 0 Å². The van der Waals surface area contributed by atoms with Crippen molar-refractivity contribution in [1.82, 2.24) is 0 Å². The average molecular weight is 317 g/mol. The summed E-state index contributed by atoms with van der Waals surface area (Å²) < 4.78 is 5.93. The zero-order chi connectivity index (χ0) is 15.2. The molecule has 0 aromatic carbocycles. The van der Waals surface area contributed by atoms with E-state index in [-0.39, 0.29) is 5.38 Å². The summed E-state index contributed by atoms with van der Waals surface area (Å²) in [5.41, 5.74) is 0. The van der Waals surface area contributed by atoms with E-state index in [1.807, 2.05) is 0 Å². The zero-order valence-corrected chi connectivity index (χ0v) is 14.3. The summed E-state index contributed by atoms with van der Waals surface area (Å²) >= 11 is 5.75. The summed E-state index contributed by atoms with van der Waals surface area (Å²) in [4.78, 5) is 10.4. The van der Waals surface area contributed by atoms with Gasteiger partial charge < -0.3 is 9.53 Å². The van der Waals surface area contributed by atoms with Crippen molar-refractivity contribution in [2.24, 2.45) is 0 Å². The fourth-order valence-corrected chi connectivity index (χ4v) is 3.21. The minimum Gasteiger partial charge on any atom is -0.378 e. The van der Waals surface area contributed by atoms with Crippen LogP contribution in [0.1, 0.15) is 89.9 Å². The fraction of sp³-hybridized carbons (Fsp3) is 0.944. The number of carbonyl (C=O) groups is 1. The summed E-state index contributed by atoms with van der Waals surface area (Å²) in [6.07, 6.45) is 19.0. The van der Waals surface area contributed by atoms with E-state index < -0.39 is 0 Å². The van der Waals surface area contributed by atoms with E-state index in [0.717, 1.165) is 25.7 Å². The topological polar surface area (TPSA) is 26.3 Å². The van der Waals surface area contributed by atoms with E-state index in [1.54, 1.807) is 0 Å². The van der Waals surface area contributed by atoms with Crippen molar-refractivity contribution in [1.29, 1.82) is 0 Å². The Hall–Kier alpha value is -0.0800. The van der Waals surface area contributed by atoms with E-state index in [2.05, 4.69) is 0 Å². The normalized spacial score (nSPS) is 17.8. The lowest BCUT2D eigenvalue weighted by atomic mass is 9.98. The highest BCUT2D eigenvalue weighted by Crippen LogP contribution is 2.20. The van der Waals surface area contributed by atoms with Gasteiger partial charge in [0.15, 0.2) is 0 Å². The number of halogens is 1. The van der Waals surface area contributed by atoms with Crippen LogP contribution in [0.4, 0.5) is 0 Å². The van der Waals surface area contributed by atoms with Crippen molar-refractivity contribution in [3.05, 3.63) is 0 Å². The van der Waals surface area contributed by atoms with Crippen molar-refractivity contribution in [3.63, 3.8) is 0 Å². The Bertz CT molecular complexity index is 239. The first-order chi connectivity index (χ1) is 10.3. The Balaban J connectivity index is 1.73. The highest BCUT2D eigenvalue weighted by atomic mass is 35.5. The van der Waals surface area contributed by atoms with Crippen molar-refractivity contribution >= 4 is 17.9 Å². The molecule has 1 atom stereocenters. The van der Waals surface area contributed by atoms with Gasteiger partial charge in [0.1, 0.15) is 6.29 Å². The molecule has 1 rings (SSSR count). The predicted octanol–water partition coefficient (Wildman–Crippen LogP) is 5.65. The highest BCUT2D eigenvalue weighted by molar-refractivity contribution is 6.27. The number of hydrogen-bond donors (Lipinski definition) is 0. The second-order valence-electron chi connectivity index (χ2n) is 6.40.